The summed E-state index contributed by atoms with van der Waals surface area (Å²) in [6, 6.07) is 14.4. The number of carbonyl (C=O) groups excluding carboxylic acids is 2. The van der Waals surface area contributed by atoms with Gasteiger partial charge in [0.25, 0.3) is 11.8 Å². The van der Waals surface area contributed by atoms with E-state index >= 15 is 0 Å². The van der Waals surface area contributed by atoms with Crippen LogP contribution in [0.15, 0.2) is 48.5 Å². The van der Waals surface area contributed by atoms with Gasteiger partial charge in [0.1, 0.15) is 11.5 Å². The second kappa shape index (κ2) is 7.83. The van der Waals surface area contributed by atoms with Crippen molar-refractivity contribution in [2.75, 3.05) is 20.3 Å². The topological polar surface area (TPSA) is 55.8 Å². The number of ether oxygens (including phenoxy) is 2. The molecule has 1 aliphatic rings. The number of carbonyl (C=O) groups is 2. The number of methoxy groups -OCH3 is 1. The van der Waals surface area contributed by atoms with E-state index in [1.54, 1.807) is 31.4 Å². The van der Waals surface area contributed by atoms with Gasteiger partial charge in [-0.2, -0.15) is 0 Å². The molecule has 1 aliphatic heterocycles. The van der Waals surface area contributed by atoms with Crippen molar-refractivity contribution in [3.05, 3.63) is 59.7 Å². The molecule has 5 nitrogen and oxygen atoms in total. The fraction of sp³-hybridized carbons (Fsp3) is 0.300. The van der Waals surface area contributed by atoms with Gasteiger partial charge in [-0.25, -0.2) is 0 Å². The molecule has 2 aromatic rings. The number of benzene rings is 2. The second-order valence-corrected chi connectivity index (χ2v) is 5.89. The summed E-state index contributed by atoms with van der Waals surface area (Å²) in [5.41, 5.74) is 1.02. The minimum atomic E-state index is -0.185. The van der Waals surface area contributed by atoms with Crippen LogP contribution in [0, 0.1) is 0 Å². The lowest BCUT2D eigenvalue weighted by Gasteiger charge is -2.13. The number of hydrogen-bond acceptors (Lipinski definition) is 4. The van der Waals surface area contributed by atoms with Crippen LogP contribution in [0.2, 0.25) is 0 Å². The summed E-state index contributed by atoms with van der Waals surface area (Å²) in [4.78, 5) is 25.8. The van der Waals surface area contributed by atoms with Crippen LogP contribution < -0.4 is 9.47 Å². The molecule has 0 atom stereocenters. The Morgan fingerprint density at radius 3 is 2.00 bits per heavy atom. The molecule has 0 saturated carbocycles. The molecule has 0 aliphatic carbocycles. The van der Waals surface area contributed by atoms with Gasteiger partial charge >= 0.3 is 0 Å². The van der Waals surface area contributed by atoms with Crippen LogP contribution in [0.3, 0.4) is 0 Å². The third-order valence-electron chi connectivity index (χ3n) is 4.23. The summed E-state index contributed by atoms with van der Waals surface area (Å²) in [6.45, 7) is 1.06. The Labute approximate surface area is 147 Å². The van der Waals surface area contributed by atoms with E-state index in [9.17, 15) is 9.59 Å². The number of fused-ring (bicyclic) bond motifs is 1. The zero-order chi connectivity index (χ0) is 17.6. The van der Waals surface area contributed by atoms with E-state index in [1.807, 2.05) is 24.3 Å². The Kier molecular flexibility index (Phi) is 5.33. The van der Waals surface area contributed by atoms with E-state index in [0.717, 1.165) is 30.8 Å². The average Bonchev–Trinajstić information content (AvgIpc) is 2.90. The van der Waals surface area contributed by atoms with E-state index in [-0.39, 0.29) is 11.8 Å². The van der Waals surface area contributed by atoms with Crippen LogP contribution in [0.1, 0.15) is 40.0 Å². The maximum atomic E-state index is 12.2. The molecule has 0 fully saturated rings. The van der Waals surface area contributed by atoms with Gasteiger partial charge < -0.3 is 9.47 Å². The van der Waals surface area contributed by atoms with Gasteiger partial charge in [0.05, 0.1) is 24.8 Å². The van der Waals surface area contributed by atoms with Gasteiger partial charge in [0.2, 0.25) is 0 Å². The molecular formula is C20H21NO4. The van der Waals surface area contributed by atoms with Crippen molar-refractivity contribution >= 4 is 11.8 Å². The molecule has 0 N–H and O–H groups in total. The number of nitrogens with zero attached hydrogens (tertiary/aromatic N) is 1. The number of hydrogen-bond donors (Lipinski definition) is 0. The molecule has 130 valence electrons. The van der Waals surface area contributed by atoms with Crippen molar-refractivity contribution < 1.29 is 19.1 Å². The smallest absolute Gasteiger partial charge is 0.261 e. The van der Waals surface area contributed by atoms with E-state index in [0.29, 0.717) is 24.3 Å². The van der Waals surface area contributed by atoms with Crippen molar-refractivity contribution in [1.82, 2.24) is 4.90 Å². The molecule has 0 radical (unpaired) electrons. The Hall–Kier alpha value is -2.82. The van der Waals surface area contributed by atoms with E-state index < -0.39 is 0 Å². The SMILES string of the molecule is COc1ccc(OCCCCCN2C(=O)c3ccccc3C2=O)cc1. The lowest BCUT2D eigenvalue weighted by molar-refractivity contribution is 0.0651. The van der Waals surface area contributed by atoms with E-state index in [2.05, 4.69) is 0 Å². The lowest BCUT2D eigenvalue weighted by Crippen LogP contribution is -2.30. The molecule has 0 spiro atoms. The highest BCUT2D eigenvalue weighted by atomic mass is 16.5. The molecular weight excluding hydrogens is 318 g/mol. The van der Waals surface area contributed by atoms with Crippen molar-refractivity contribution in [3.8, 4) is 11.5 Å². The molecule has 0 aromatic heterocycles. The number of unbranched alkanes of at least 4 members (excludes halogenated alkanes) is 2. The maximum absolute atomic E-state index is 12.2. The molecule has 1 heterocycles. The maximum Gasteiger partial charge on any atom is 0.261 e. The second-order valence-electron chi connectivity index (χ2n) is 5.89. The first-order valence-electron chi connectivity index (χ1n) is 8.43. The highest BCUT2D eigenvalue weighted by Crippen LogP contribution is 2.23. The van der Waals surface area contributed by atoms with Crippen molar-refractivity contribution in [1.29, 1.82) is 0 Å². The summed E-state index contributed by atoms with van der Waals surface area (Å²) in [5.74, 6) is 1.24. The molecule has 0 unspecified atom stereocenters. The quantitative estimate of drug-likeness (QED) is 0.545. The highest BCUT2D eigenvalue weighted by Gasteiger charge is 2.34. The fourth-order valence-electron chi connectivity index (χ4n) is 2.85. The summed E-state index contributed by atoms with van der Waals surface area (Å²) in [5, 5.41) is 0. The first-order valence-corrected chi connectivity index (χ1v) is 8.43. The summed E-state index contributed by atoms with van der Waals surface area (Å²) >= 11 is 0. The Morgan fingerprint density at radius 1 is 0.800 bits per heavy atom. The Morgan fingerprint density at radius 2 is 1.40 bits per heavy atom. The van der Waals surface area contributed by atoms with Crippen molar-refractivity contribution in [2.24, 2.45) is 0 Å². The van der Waals surface area contributed by atoms with Gasteiger partial charge in [-0.3, -0.25) is 14.5 Å². The largest absolute Gasteiger partial charge is 0.497 e. The van der Waals surface area contributed by atoms with Crippen LogP contribution >= 0.6 is 0 Å². The molecule has 2 amide bonds. The zero-order valence-corrected chi connectivity index (χ0v) is 14.2. The predicted molar refractivity (Wildman–Crippen MR) is 94.1 cm³/mol. The van der Waals surface area contributed by atoms with Gasteiger partial charge in [0.15, 0.2) is 0 Å². The standard InChI is InChI=1S/C20H21NO4/c1-24-15-9-11-16(12-10-15)25-14-6-2-5-13-21-19(22)17-7-3-4-8-18(17)20(21)23/h3-4,7-12H,2,5-6,13-14H2,1H3. The summed E-state index contributed by atoms with van der Waals surface area (Å²) in [7, 11) is 1.63. The monoisotopic (exact) mass is 339 g/mol. The van der Waals surface area contributed by atoms with Crippen LogP contribution in [0.5, 0.6) is 11.5 Å². The minimum Gasteiger partial charge on any atom is -0.497 e. The first kappa shape index (κ1) is 17.0. The third kappa shape index (κ3) is 3.82. The highest BCUT2D eigenvalue weighted by molar-refractivity contribution is 6.21. The Balaban J connectivity index is 1.38. The minimum absolute atomic E-state index is 0.185. The molecule has 0 saturated heterocycles. The number of imide groups is 1. The molecule has 2 aromatic carbocycles. The van der Waals surface area contributed by atoms with Crippen LogP contribution in [0.4, 0.5) is 0 Å². The molecule has 3 rings (SSSR count). The van der Waals surface area contributed by atoms with E-state index in [4.69, 9.17) is 9.47 Å². The van der Waals surface area contributed by atoms with Crippen molar-refractivity contribution in [3.63, 3.8) is 0 Å². The van der Waals surface area contributed by atoms with Gasteiger partial charge in [-0.1, -0.05) is 12.1 Å². The van der Waals surface area contributed by atoms with Gasteiger partial charge in [-0.15, -0.1) is 0 Å². The normalized spacial score (nSPS) is 13.1. The first-order chi connectivity index (χ1) is 12.2. The number of amides is 2. The lowest BCUT2D eigenvalue weighted by atomic mass is 10.1. The van der Waals surface area contributed by atoms with Crippen molar-refractivity contribution in [2.45, 2.75) is 19.3 Å². The molecule has 25 heavy (non-hydrogen) atoms. The van der Waals surface area contributed by atoms with Gasteiger partial charge in [-0.05, 0) is 55.7 Å². The molecule has 5 heteroatoms. The predicted octanol–water partition coefficient (Wildman–Crippen LogP) is 3.54. The summed E-state index contributed by atoms with van der Waals surface area (Å²) in [6.07, 6.45) is 2.54. The van der Waals surface area contributed by atoms with Crippen LogP contribution in [0.25, 0.3) is 0 Å². The summed E-state index contributed by atoms with van der Waals surface area (Å²) < 4.78 is 10.8. The van der Waals surface area contributed by atoms with Gasteiger partial charge in [0, 0.05) is 6.54 Å². The van der Waals surface area contributed by atoms with E-state index in [1.165, 1.54) is 4.90 Å². The van der Waals surface area contributed by atoms with Crippen LogP contribution in [-0.4, -0.2) is 37.0 Å². The van der Waals surface area contributed by atoms with Crippen LogP contribution in [-0.2, 0) is 0 Å². The average molecular weight is 339 g/mol. The third-order valence-corrected chi connectivity index (χ3v) is 4.23. The zero-order valence-electron chi connectivity index (χ0n) is 14.2. The molecule has 0 bridgehead atoms. The fourth-order valence-corrected chi connectivity index (χ4v) is 2.85. The number of rotatable bonds is 8. The Bertz CT molecular complexity index is 720.